The highest BCUT2D eigenvalue weighted by Gasteiger charge is 2.39. The van der Waals surface area contributed by atoms with Gasteiger partial charge in [-0.15, -0.1) is 0 Å². The van der Waals surface area contributed by atoms with Crippen molar-refractivity contribution >= 4 is 17.5 Å². The highest BCUT2D eigenvalue weighted by molar-refractivity contribution is 5.90. The van der Waals surface area contributed by atoms with Crippen LogP contribution in [0.2, 0.25) is 0 Å². The predicted octanol–water partition coefficient (Wildman–Crippen LogP) is 3.46. The first kappa shape index (κ1) is 21.3. The molecular weight excluding hydrogens is 320 g/mol. The van der Waals surface area contributed by atoms with Gasteiger partial charge < -0.3 is 10.2 Å². The molecule has 1 unspecified atom stereocenters. The van der Waals surface area contributed by atoms with E-state index in [0.29, 0.717) is 25.7 Å². The second-order valence-corrected chi connectivity index (χ2v) is 6.70. The molecule has 0 radical (unpaired) electrons. The molecule has 2 N–H and O–H groups in total. The lowest BCUT2D eigenvalue weighted by molar-refractivity contribution is -0.137. The Kier molecular flexibility index (Phi) is 10.0. The average molecular weight is 350 g/mol. The summed E-state index contributed by atoms with van der Waals surface area (Å²) in [5, 5.41) is 18.7. The van der Waals surface area contributed by atoms with Crippen LogP contribution in [0.15, 0.2) is 24.3 Å². The van der Waals surface area contributed by atoms with Gasteiger partial charge in [0.2, 0.25) is 0 Å². The highest BCUT2D eigenvalue weighted by atomic mass is 16.4. The Hall–Kier alpha value is -1.75. The van der Waals surface area contributed by atoms with E-state index in [1.165, 1.54) is 6.08 Å². The van der Waals surface area contributed by atoms with Crippen LogP contribution in [0.1, 0.15) is 64.7 Å². The number of aliphatic hydroxyl groups is 1. The molecule has 0 bridgehead atoms. The van der Waals surface area contributed by atoms with E-state index in [1.807, 2.05) is 12.2 Å². The molecule has 0 heterocycles. The minimum absolute atomic E-state index is 0.0239. The number of Topliss-reactive ketones (excluding diaryl/α,β-unsaturated/α-hetero) is 1. The summed E-state index contributed by atoms with van der Waals surface area (Å²) in [7, 11) is 0. The van der Waals surface area contributed by atoms with Gasteiger partial charge in [-0.3, -0.25) is 14.4 Å². The number of allylic oxidation sites excluding steroid dienone is 3. The van der Waals surface area contributed by atoms with Gasteiger partial charge >= 0.3 is 5.97 Å². The van der Waals surface area contributed by atoms with E-state index in [-0.39, 0.29) is 36.2 Å². The van der Waals surface area contributed by atoms with E-state index in [1.54, 1.807) is 6.08 Å². The molecule has 1 saturated carbocycles. The minimum atomic E-state index is -0.809. The van der Waals surface area contributed by atoms with Gasteiger partial charge in [0.25, 0.3) is 0 Å². The van der Waals surface area contributed by atoms with Crippen molar-refractivity contribution < 1.29 is 24.6 Å². The van der Waals surface area contributed by atoms with Crippen molar-refractivity contribution in [2.75, 3.05) is 0 Å². The molecule has 140 valence electrons. The van der Waals surface area contributed by atoms with Gasteiger partial charge in [0.1, 0.15) is 5.78 Å². The van der Waals surface area contributed by atoms with Crippen molar-refractivity contribution in [3.8, 4) is 0 Å². The molecule has 0 aromatic carbocycles. The lowest BCUT2D eigenvalue weighted by Crippen LogP contribution is -2.18. The third-order valence-electron chi connectivity index (χ3n) is 4.58. The summed E-state index contributed by atoms with van der Waals surface area (Å²) in [4.78, 5) is 34.4. The lowest BCUT2D eigenvalue weighted by Gasteiger charge is -2.15. The summed E-state index contributed by atoms with van der Waals surface area (Å²) in [6, 6.07) is 0. The van der Waals surface area contributed by atoms with Gasteiger partial charge in [-0.05, 0) is 31.8 Å². The smallest absolute Gasteiger partial charge is 0.303 e. The SMILES string of the molecule is CCCCCC(=O)/C=C/[C@H]1C(O)CC(=O)[C@@H]1C/C=C\CCCC(=O)O. The van der Waals surface area contributed by atoms with Crippen LogP contribution in [0.25, 0.3) is 0 Å². The number of aliphatic hydroxyl groups excluding tert-OH is 1. The van der Waals surface area contributed by atoms with E-state index >= 15 is 0 Å². The molecule has 0 saturated heterocycles. The highest BCUT2D eigenvalue weighted by Crippen LogP contribution is 2.33. The molecular formula is C20H30O5. The Morgan fingerprint density at radius 1 is 1.16 bits per heavy atom. The van der Waals surface area contributed by atoms with Crippen LogP contribution in [0.4, 0.5) is 0 Å². The first-order chi connectivity index (χ1) is 12.0. The zero-order valence-corrected chi connectivity index (χ0v) is 15.0. The Morgan fingerprint density at radius 2 is 1.92 bits per heavy atom. The number of carboxylic acids is 1. The van der Waals surface area contributed by atoms with E-state index < -0.39 is 12.1 Å². The molecule has 1 rings (SSSR count). The summed E-state index contributed by atoms with van der Waals surface area (Å²) >= 11 is 0. The van der Waals surface area contributed by atoms with Crippen LogP contribution in [0, 0.1) is 11.8 Å². The molecule has 0 aliphatic heterocycles. The molecule has 0 aromatic rings. The second kappa shape index (κ2) is 11.7. The molecule has 1 aliphatic carbocycles. The Morgan fingerprint density at radius 3 is 2.60 bits per heavy atom. The van der Waals surface area contributed by atoms with Crippen LogP contribution in [0.5, 0.6) is 0 Å². The predicted molar refractivity (Wildman–Crippen MR) is 96.1 cm³/mol. The molecule has 5 nitrogen and oxygen atoms in total. The molecule has 5 heteroatoms. The maximum absolute atomic E-state index is 12.1. The normalized spacial score (nSPS) is 23.8. The number of ketones is 2. The number of carbonyl (C=O) groups is 3. The maximum atomic E-state index is 12.1. The third-order valence-corrected chi connectivity index (χ3v) is 4.58. The largest absolute Gasteiger partial charge is 0.481 e. The fourth-order valence-corrected chi connectivity index (χ4v) is 3.11. The summed E-state index contributed by atoms with van der Waals surface area (Å²) < 4.78 is 0. The monoisotopic (exact) mass is 350 g/mol. The fraction of sp³-hybridized carbons (Fsp3) is 0.650. The number of carboxylic acid groups (broad SMARTS) is 1. The molecule has 1 fully saturated rings. The number of carbonyl (C=O) groups excluding carboxylic acids is 2. The number of unbranched alkanes of at least 4 members (excludes halogenated alkanes) is 3. The fourth-order valence-electron chi connectivity index (χ4n) is 3.11. The van der Waals surface area contributed by atoms with Crippen molar-refractivity contribution in [2.45, 2.75) is 70.8 Å². The summed E-state index contributed by atoms with van der Waals surface area (Å²) in [6.07, 6.45) is 11.8. The number of hydrogen-bond donors (Lipinski definition) is 2. The average Bonchev–Trinajstić information content (AvgIpc) is 2.82. The number of rotatable bonds is 12. The van der Waals surface area contributed by atoms with Gasteiger partial charge in [0.15, 0.2) is 5.78 Å². The lowest BCUT2D eigenvalue weighted by atomic mass is 9.90. The molecule has 0 amide bonds. The Balaban J connectivity index is 2.49. The van der Waals surface area contributed by atoms with Gasteiger partial charge in [0, 0.05) is 31.1 Å². The molecule has 0 aromatic heterocycles. The molecule has 25 heavy (non-hydrogen) atoms. The van der Waals surface area contributed by atoms with Gasteiger partial charge in [-0.1, -0.05) is 38.0 Å². The van der Waals surface area contributed by atoms with E-state index in [0.717, 1.165) is 19.3 Å². The number of hydrogen-bond acceptors (Lipinski definition) is 4. The van der Waals surface area contributed by atoms with Crippen LogP contribution in [-0.2, 0) is 14.4 Å². The first-order valence-electron chi connectivity index (χ1n) is 9.24. The second-order valence-electron chi connectivity index (χ2n) is 6.70. The molecule has 1 aliphatic rings. The zero-order chi connectivity index (χ0) is 18.7. The van der Waals surface area contributed by atoms with Crippen molar-refractivity contribution in [3.05, 3.63) is 24.3 Å². The maximum Gasteiger partial charge on any atom is 0.303 e. The van der Waals surface area contributed by atoms with Crippen LogP contribution in [-0.4, -0.2) is 33.9 Å². The summed E-state index contributed by atoms with van der Waals surface area (Å²) in [5.74, 6) is -1.35. The summed E-state index contributed by atoms with van der Waals surface area (Å²) in [5.41, 5.74) is 0. The van der Waals surface area contributed by atoms with Crippen molar-refractivity contribution in [3.63, 3.8) is 0 Å². The standard InChI is InChI=1S/C20H30O5/c1-2-3-6-9-15(21)12-13-17-16(18(22)14-19(17)23)10-7-4-5-8-11-20(24)25/h4,7,12-13,16-17,19,23H,2-3,5-6,8-11,14H2,1H3,(H,24,25)/b7-4-,13-12+/t16-,17-,19?/m1/s1. The van der Waals surface area contributed by atoms with Crippen LogP contribution >= 0.6 is 0 Å². The van der Waals surface area contributed by atoms with E-state index in [9.17, 15) is 19.5 Å². The van der Waals surface area contributed by atoms with Crippen molar-refractivity contribution in [1.82, 2.24) is 0 Å². The van der Waals surface area contributed by atoms with Crippen LogP contribution in [0.3, 0.4) is 0 Å². The topological polar surface area (TPSA) is 91.7 Å². The van der Waals surface area contributed by atoms with Crippen molar-refractivity contribution in [2.24, 2.45) is 11.8 Å². The van der Waals surface area contributed by atoms with Gasteiger partial charge in [-0.2, -0.15) is 0 Å². The molecule has 3 atom stereocenters. The van der Waals surface area contributed by atoms with Gasteiger partial charge in [-0.25, -0.2) is 0 Å². The zero-order valence-electron chi connectivity index (χ0n) is 15.0. The van der Waals surface area contributed by atoms with Crippen molar-refractivity contribution in [1.29, 1.82) is 0 Å². The molecule has 0 spiro atoms. The quantitative estimate of drug-likeness (QED) is 0.319. The minimum Gasteiger partial charge on any atom is -0.481 e. The van der Waals surface area contributed by atoms with Gasteiger partial charge in [0.05, 0.1) is 6.10 Å². The van der Waals surface area contributed by atoms with E-state index in [2.05, 4.69) is 6.92 Å². The van der Waals surface area contributed by atoms with E-state index in [4.69, 9.17) is 5.11 Å². The van der Waals surface area contributed by atoms with Crippen LogP contribution < -0.4 is 0 Å². The Bertz CT molecular complexity index is 506. The summed E-state index contributed by atoms with van der Waals surface area (Å²) in [6.45, 7) is 2.08. The number of aliphatic carboxylic acids is 1. The first-order valence-corrected chi connectivity index (χ1v) is 9.24. The Labute approximate surface area is 149 Å². The third kappa shape index (κ3) is 8.25.